The number of carbonyl (C=O) groups is 2. The van der Waals surface area contributed by atoms with Crippen LogP contribution in [-0.4, -0.2) is 23.8 Å². The van der Waals surface area contributed by atoms with Crippen LogP contribution in [0.25, 0.3) is 0 Å². The second kappa shape index (κ2) is 5.97. The maximum absolute atomic E-state index is 12.0. The number of carbonyl (C=O) groups excluding carboxylic acids is 2. The van der Waals surface area contributed by atoms with Gasteiger partial charge in [0.25, 0.3) is 11.7 Å². The van der Waals surface area contributed by atoms with Gasteiger partial charge in [-0.2, -0.15) is 0 Å². The highest BCUT2D eigenvalue weighted by Gasteiger charge is 2.17. The summed E-state index contributed by atoms with van der Waals surface area (Å²) in [5, 5.41) is 2.51. The van der Waals surface area contributed by atoms with Crippen molar-refractivity contribution in [2.75, 3.05) is 12.4 Å². The van der Waals surface area contributed by atoms with Crippen LogP contribution in [-0.2, 0) is 4.79 Å². The number of anilines is 1. The van der Waals surface area contributed by atoms with Gasteiger partial charge in [0.05, 0.1) is 7.11 Å². The largest absolute Gasteiger partial charge is 0.497 e. The summed E-state index contributed by atoms with van der Waals surface area (Å²) in [6.07, 6.45) is 1.56. The molecule has 0 aliphatic rings. The van der Waals surface area contributed by atoms with E-state index < -0.39 is 11.7 Å². The monoisotopic (exact) mass is 270 g/mol. The minimum Gasteiger partial charge on any atom is -0.497 e. The number of methoxy groups -OCH3 is 1. The molecule has 0 saturated heterocycles. The van der Waals surface area contributed by atoms with Gasteiger partial charge in [-0.1, -0.05) is 6.07 Å². The standard InChI is InChI=1S/C15H14N2O3/c1-10-4-3-9-16-14(10)17-15(19)13(18)11-5-7-12(20-2)8-6-11/h3-9H,1-2H3,(H,16,17,19). The predicted octanol–water partition coefficient (Wildman–Crippen LogP) is 2.22. The van der Waals surface area contributed by atoms with Crippen LogP contribution in [0.3, 0.4) is 0 Å². The molecule has 2 rings (SSSR count). The van der Waals surface area contributed by atoms with Crippen molar-refractivity contribution in [1.82, 2.24) is 4.98 Å². The predicted molar refractivity (Wildman–Crippen MR) is 74.9 cm³/mol. The molecule has 1 N–H and O–H groups in total. The molecule has 0 atom stereocenters. The minimum atomic E-state index is -0.711. The number of aromatic nitrogens is 1. The number of Topliss-reactive ketones (excluding diaryl/α,β-unsaturated/α-hetero) is 1. The average molecular weight is 270 g/mol. The number of ether oxygens (including phenoxy) is 1. The van der Waals surface area contributed by atoms with Gasteiger partial charge in [-0.3, -0.25) is 9.59 Å². The Morgan fingerprint density at radius 2 is 1.85 bits per heavy atom. The van der Waals surface area contributed by atoms with Crippen LogP contribution in [0.5, 0.6) is 5.75 Å². The van der Waals surface area contributed by atoms with Crippen molar-refractivity contribution in [2.24, 2.45) is 0 Å². The van der Waals surface area contributed by atoms with Crippen LogP contribution in [0.15, 0.2) is 42.6 Å². The molecule has 0 unspecified atom stereocenters. The van der Waals surface area contributed by atoms with Crippen LogP contribution in [0.1, 0.15) is 15.9 Å². The molecule has 0 radical (unpaired) electrons. The molecule has 2 aromatic rings. The Labute approximate surface area is 116 Å². The maximum atomic E-state index is 12.0. The van der Waals surface area contributed by atoms with E-state index in [1.54, 1.807) is 49.5 Å². The Kier molecular flexibility index (Phi) is 4.10. The van der Waals surface area contributed by atoms with Gasteiger partial charge in [0.15, 0.2) is 0 Å². The first-order valence-corrected chi connectivity index (χ1v) is 6.03. The number of rotatable bonds is 4. The van der Waals surface area contributed by atoms with Crippen LogP contribution < -0.4 is 10.1 Å². The zero-order chi connectivity index (χ0) is 14.5. The van der Waals surface area contributed by atoms with Gasteiger partial charge in [-0.25, -0.2) is 4.98 Å². The molecule has 0 bridgehead atoms. The molecule has 1 amide bonds. The zero-order valence-corrected chi connectivity index (χ0v) is 11.2. The summed E-state index contributed by atoms with van der Waals surface area (Å²) < 4.78 is 5.00. The summed E-state index contributed by atoms with van der Waals surface area (Å²) in [5.74, 6) is -0.309. The SMILES string of the molecule is COc1ccc(C(=O)C(=O)Nc2ncccc2C)cc1. The quantitative estimate of drug-likeness (QED) is 0.683. The van der Waals surface area contributed by atoms with Crippen molar-refractivity contribution in [2.45, 2.75) is 6.92 Å². The van der Waals surface area contributed by atoms with E-state index in [4.69, 9.17) is 4.74 Å². The first-order chi connectivity index (χ1) is 9.61. The van der Waals surface area contributed by atoms with E-state index in [0.717, 1.165) is 5.56 Å². The third-order valence-electron chi connectivity index (χ3n) is 2.80. The summed E-state index contributed by atoms with van der Waals surface area (Å²) in [6, 6.07) is 9.92. The Hall–Kier alpha value is -2.69. The van der Waals surface area contributed by atoms with Crippen molar-refractivity contribution < 1.29 is 14.3 Å². The molecule has 0 aliphatic heterocycles. The molecule has 1 heterocycles. The first kappa shape index (κ1) is 13.7. The van der Waals surface area contributed by atoms with Gasteiger partial charge in [-0.05, 0) is 42.8 Å². The molecule has 1 aromatic carbocycles. The van der Waals surface area contributed by atoms with Crippen molar-refractivity contribution in [3.63, 3.8) is 0 Å². The van der Waals surface area contributed by atoms with E-state index in [1.807, 2.05) is 0 Å². The van der Waals surface area contributed by atoms with Crippen LogP contribution in [0.2, 0.25) is 0 Å². The number of hydrogen-bond acceptors (Lipinski definition) is 4. The molecule has 20 heavy (non-hydrogen) atoms. The van der Waals surface area contributed by atoms with Gasteiger partial charge in [0.1, 0.15) is 11.6 Å². The Morgan fingerprint density at radius 3 is 2.45 bits per heavy atom. The van der Waals surface area contributed by atoms with E-state index in [2.05, 4.69) is 10.3 Å². The second-order valence-electron chi connectivity index (χ2n) is 4.18. The third-order valence-corrected chi connectivity index (χ3v) is 2.80. The first-order valence-electron chi connectivity index (χ1n) is 6.03. The van der Waals surface area contributed by atoms with Crippen LogP contribution in [0.4, 0.5) is 5.82 Å². The lowest BCUT2D eigenvalue weighted by atomic mass is 10.1. The highest BCUT2D eigenvalue weighted by Crippen LogP contribution is 2.13. The Balaban J connectivity index is 2.12. The molecule has 0 fully saturated rings. The summed E-state index contributed by atoms with van der Waals surface area (Å²) in [6.45, 7) is 1.81. The summed E-state index contributed by atoms with van der Waals surface area (Å²) in [4.78, 5) is 27.9. The Morgan fingerprint density at radius 1 is 1.15 bits per heavy atom. The summed E-state index contributed by atoms with van der Waals surface area (Å²) in [5.41, 5.74) is 1.10. The number of aryl methyl sites for hydroxylation is 1. The van der Waals surface area contributed by atoms with Gasteiger partial charge in [0.2, 0.25) is 0 Å². The lowest BCUT2D eigenvalue weighted by Crippen LogP contribution is -2.23. The van der Waals surface area contributed by atoms with Crippen LogP contribution in [0, 0.1) is 6.92 Å². The normalized spacial score (nSPS) is 9.90. The van der Waals surface area contributed by atoms with E-state index >= 15 is 0 Å². The number of benzene rings is 1. The number of amides is 1. The van der Waals surface area contributed by atoms with Crippen molar-refractivity contribution in [3.05, 3.63) is 53.7 Å². The van der Waals surface area contributed by atoms with E-state index in [1.165, 1.54) is 7.11 Å². The second-order valence-corrected chi connectivity index (χ2v) is 4.18. The van der Waals surface area contributed by atoms with Gasteiger partial charge in [-0.15, -0.1) is 0 Å². The third kappa shape index (κ3) is 3.00. The Bertz CT molecular complexity index is 636. The molecule has 1 aromatic heterocycles. The molecule has 102 valence electrons. The van der Waals surface area contributed by atoms with Gasteiger partial charge < -0.3 is 10.1 Å². The van der Waals surface area contributed by atoms with Crippen LogP contribution >= 0.6 is 0 Å². The van der Waals surface area contributed by atoms with Gasteiger partial charge >= 0.3 is 0 Å². The number of hydrogen-bond donors (Lipinski definition) is 1. The number of nitrogens with zero attached hydrogens (tertiary/aromatic N) is 1. The zero-order valence-electron chi connectivity index (χ0n) is 11.2. The molecular weight excluding hydrogens is 256 g/mol. The minimum absolute atomic E-state index is 0.303. The lowest BCUT2D eigenvalue weighted by Gasteiger charge is -2.06. The van der Waals surface area contributed by atoms with Crippen molar-refractivity contribution >= 4 is 17.5 Å². The molecule has 0 saturated carbocycles. The number of ketones is 1. The lowest BCUT2D eigenvalue weighted by molar-refractivity contribution is -0.112. The van der Waals surface area contributed by atoms with Crippen molar-refractivity contribution in [1.29, 1.82) is 0 Å². The van der Waals surface area contributed by atoms with Crippen molar-refractivity contribution in [3.8, 4) is 5.75 Å². The fourth-order valence-corrected chi connectivity index (χ4v) is 1.65. The molecule has 0 aliphatic carbocycles. The van der Waals surface area contributed by atoms with E-state index in [9.17, 15) is 9.59 Å². The van der Waals surface area contributed by atoms with E-state index in [-0.39, 0.29) is 0 Å². The fraction of sp³-hybridized carbons (Fsp3) is 0.133. The van der Waals surface area contributed by atoms with Gasteiger partial charge in [0, 0.05) is 11.8 Å². The smallest absolute Gasteiger partial charge is 0.297 e. The topological polar surface area (TPSA) is 68.3 Å². The summed E-state index contributed by atoms with van der Waals surface area (Å²) in [7, 11) is 1.54. The summed E-state index contributed by atoms with van der Waals surface area (Å²) >= 11 is 0. The average Bonchev–Trinajstić information content (AvgIpc) is 2.49. The molecular formula is C15H14N2O3. The highest BCUT2D eigenvalue weighted by atomic mass is 16.5. The molecule has 0 spiro atoms. The number of nitrogens with one attached hydrogen (secondary N) is 1. The highest BCUT2D eigenvalue weighted by molar-refractivity contribution is 6.46. The fourth-order valence-electron chi connectivity index (χ4n) is 1.65. The molecule has 5 heteroatoms. The maximum Gasteiger partial charge on any atom is 0.297 e. The molecule has 5 nitrogen and oxygen atoms in total. The number of pyridine rings is 1. The van der Waals surface area contributed by atoms with E-state index in [0.29, 0.717) is 17.1 Å².